The molecule has 0 amide bonds. The molecule has 3 nitrogen and oxygen atoms in total. The average molecular weight is 345 g/mol. The zero-order valence-corrected chi connectivity index (χ0v) is 10.3. The van der Waals surface area contributed by atoms with Crippen molar-refractivity contribution >= 4 is 37.8 Å². The van der Waals surface area contributed by atoms with Gasteiger partial charge in [-0.2, -0.15) is 0 Å². The number of carboxylic acid groups (broad SMARTS) is 1. The zero-order chi connectivity index (χ0) is 11.6. The molecule has 15 heavy (non-hydrogen) atoms. The summed E-state index contributed by atoms with van der Waals surface area (Å²) in [5.41, 5.74) is -0.829. The summed E-state index contributed by atoms with van der Waals surface area (Å²) in [5.74, 6) is -1.46. The van der Waals surface area contributed by atoms with Crippen LogP contribution < -0.4 is 0 Å². The maximum atomic E-state index is 12.5. The molecule has 0 spiro atoms. The van der Waals surface area contributed by atoms with Crippen LogP contribution in [0.5, 0.6) is 0 Å². The molecule has 7 heteroatoms. The van der Waals surface area contributed by atoms with Crippen molar-refractivity contribution in [1.82, 2.24) is 4.98 Å². The van der Waals surface area contributed by atoms with Crippen LogP contribution in [0.15, 0.2) is 10.5 Å². The smallest absolute Gasteiger partial charge is 0.355 e. The van der Waals surface area contributed by atoms with E-state index >= 15 is 0 Å². The Morgan fingerprint density at radius 1 is 1.60 bits per heavy atom. The van der Waals surface area contributed by atoms with Gasteiger partial charge in [0.25, 0.3) is 6.43 Å². The molecule has 1 N–H and O–H groups in total. The summed E-state index contributed by atoms with van der Waals surface area (Å²) in [6, 6.07) is 1.36. The molecule has 1 heterocycles. The number of hydrogen-bond donors (Lipinski definition) is 1. The van der Waals surface area contributed by atoms with Gasteiger partial charge < -0.3 is 5.11 Å². The second kappa shape index (κ2) is 4.98. The lowest BCUT2D eigenvalue weighted by atomic mass is 10.2. The van der Waals surface area contributed by atoms with Crippen LogP contribution in [-0.2, 0) is 5.33 Å². The SMILES string of the molecule is O=C(O)c1nc(CBr)cc(Br)c1C(F)F. The molecule has 0 saturated carbocycles. The molecule has 0 fully saturated rings. The Bertz CT molecular complexity index is 398. The molecule has 0 unspecified atom stereocenters. The highest BCUT2D eigenvalue weighted by atomic mass is 79.9. The van der Waals surface area contributed by atoms with Crippen molar-refractivity contribution in [3.63, 3.8) is 0 Å². The Morgan fingerprint density at radius 3 is 2.60 bits per heavy atom. The summed E-state index contributed by atoms with van der Waals surface area (Å²) in [6.45, 7) is 0. The van der Waals surface area contributed by atoms with Crippen LogP contribution >= 0.6 is 31.9 Å². The van der Waals surface area contributed by atoms with E-state index in [0.717, 1.165) is 0 Å². The standard InChI is InChI=1S/C8H5Br2F2NO2/c9-2-3-1-4(10)5(7(11)12)6(13-3)8(14)15/h1,7H,2H2,(H,14,15). The number of pyridine rings is 1. The van der Waals surface area contributed by atoms with Gasteiger partial charge in [-0.15, -0.1) is 0 Å². The maximum absolute atomic E-state index is 12.5. The first-order chi connectivity index (χ1) is 6.97. The minimum Gasteiger partial charge on any atom is -0.476 e. The molecule has 0 atom stereocenters. The molecular formula is C8H5Br2F2NO2. The van der Waals surface area contributed by atoms with Gasteiger partial charge in [-0.3, -0.25) is 0 Å². The van der Waals surface area contributed by atoms with Crippen LogP contribution in [0.2, 0.25) is 0 Å². The Labute approximate surface area is 101 Å². The molecule has 0 radical (unpaired) electrons. The third kappa shape index (κ3) is 2.72. The topological polar surface area (TPSA) is 50.2 Å². The lowest BCUT2D eigenvalue weighted by molar-refractivity contribution is 0.0676. The van der Waals surface area contributed by atoms with E-state index < -0.39 is 23.7 Å². The number of carbonyl (C=O) groups is 1. The number of alkyl halides is 3. The summed E-state index contributed by atoms with van der Waals surface area (Å²) in [6.07, 6.45) is -2.87. The van der Waals surface area contributed by atoms with Gasteiger partial charge in [0.2, 0.25) is 0 Å². The van der Waals surface area contributed by atoms with Crippen LogP contribution in [0.25, 0.3) is 0 Å². The summed E-state index contributed by atoms with van der Waals surface area (Å²) in [7, 11) is 0. The Balaban J connectivity index is 3.42. The van der Waals surface area contributed by atoms with Crippen LogP contribution in [-0.4, -0.2) is 16.1 Å². The highest BCUT2D eigenvalue weighted by Gasteiger charge is 2.23. The molecule has 0 aliphatic carbocycles. The number of halogens is 4. The minimum absolute atomic E-state index is 0.0550. The number of rotatable bonds is 3. The van der Waals surface area contributed by atoms with E-state index in [1.807, 2.05) is 0 Å². The van der Waals surface area contributed by atoms with E-state index in [1.165, 1.54) is 6.07 Å². The van der Waals surface area contributed by atoms with E-state index in [2.05, 4.69) is 36.8 Å². The second-order valence-corrected chi connectivity index (χ2v) is 4.01. The van der Waals surface area contributed by atoms with Crippen molar-refractivity contribution in [2.45, 2.75) is 11.8 Å². The second-order valence-electron chi connectivity index (χ2n) is 2.60. The van der Waals surface area contributed by atoms with Gasteiger partial charge in [-0.1, -0.05) is 31.9 Å². The van der Waals surface area contributed by atoms with Gasteiger partial charge in [0.15, 0.2) is 5.69 Å². The fourth-order valence-electron chi connectivity index (χ4n) is 1.01. The van der Waals surface area contributed by atoms with Crippen molar-refractivity contribution in [2.75, 3.05) is 0 Å². The van der Waals surface area contributed by atoms with Crippen molar-refractivity contribution in [1.29, 1.82) is 0 Å². The molecular weight excluding hydrogens is 340 g/mol. The first-order valence-corrected chi connectivity index (χ1v) is 5.65. The van der Waals surface area contributed by atoms with Crippen molar-refractivity contribution < 1.29 is 18.7 Å². The Hall–Kier alpha value is -0.560. The van der Waals surface area contributed by atoms with E-state index in [0.29, 0.717) is 11.0 Å². The lowest BCUT2D eigenvalue weighted by Gasteiger charge is -2.08. The number of aromatic carboxylic acids is 1. The van der Waals surface area contributed by atoms with Gasteiger partial charge in [0.05, 0.1) is 11.3 Å². The quantitative estimate of drug-likeness (QED) is 0.855. The summed E-state index contributed by atoms with van der Waals surface area (Å²) in [4.78, 5) is 14.3. The minimum atomic E-state index is -2.87. The van der Waals surface area contributed by atoms with Crippen molar-refractivity contribution in [3.05, 3.63) is 27.5 Å². The lowest BCUT2D eigenvalue weighted by Crippen LogP contribution is -2.09. The predicted octanol–water partition coefficient (Wildman–Crippen LogP) is 3.37. The number of carboxylic acids is 1. The molecule has 0 aliphatic heterocycles. The van der Waals surface area contributed by atoms with E-state index in [1.54, 1.807) is 0 Å². The van der Waals surface area contributed by atoms with E-state index in [4.69, 9.17) is 5.11 Å². The third-order valence-corrected chi connectivity index (χ3v) is 2.85. The van der Waals surface area contributed by atoms with Crippen molar-refractivity contribution in [2.24, 2.45) is 0 Å². The first kappa shape index (κ1) is 12.5. The maximum Gasteiger partial charge on any atom is 0.355 e. The summed E-state index contributed by atoms with van der Waals surface area (Å²) >= 11 is 5.98. The zero-order valence-electron chi connectivity index (χ0n) is 7.18. The van der Waals surface area contributed by atoms with Crippen LogP contribution in [0.3, 0.4) is 0 Å². The van der Waals surface area contributed by atoms with Crippen LogP contribution in [0.1, 0.15) is 28.2 Å². The highest BCUT2D eigenvalue weighted by molar-refractivity contribution is 9.10. The predicted molar refractivity (Wildman–Crippen MR) is 56.5 cm³/mol. The highest BCUT2D eigenvalue weighted by Crippen LogP contribution is 2.30. The van der Waals surface area contributed by atoms with E-state index in [9.17, 15) is 13.6 Å². The largest absolute Gasteiger partial charge is 0.476 e. The fourth-order valence-corrected chi connectivity index (χ4v) is 1.92. The Morgan fingerprint density at radius 2 is 2.20 bits per heavy atom. The van der Waals surface area contributed by atoms with E-state index in [-0.39, 0.29) is 4.47 Å². The molecule has 82 valence electrons. The molecule has 0 saturated heterocycles. The summed E-state index contributed by atoms with van der Waals surface area (Å²) < 4.78 is 25.1. The number of aromatic nitrogens is 1. The third-order valence-electron chi connectivity index (χ3n) is 1.62. The van der Waals surface area contributed by atoms with Gasteiger partial charge in [-0.25, -0.2) is 18.6 Å². The van der Waals surface area contributed by atoms with Gasteiger partial charge in [0, 0.05) is 9.80 Å². The van der Waals surface area contributed by atoms with Crippen molar-refractivity contribution in [3.8, 4) is 0 Å². The normalized spacial score (nSPS) is 10.7. The molecule has 1 aromatic rings. The number of nitrogens with zero attached hydrogens (tertiary/aromatic N) is 1. The Kier molecular flexibility index (Phi) is 4.15. The molecule has 0 bridgehead atoms. The molecule has 0 aromatic carbocycles. The van der Waals surface area contributed by atoms with Crippen LogP contribution in [0.4, 0.5) is 8.78 Å². The monoisotopic (exact) mass is 343 g/mol. The summed E-state index contributed by atoms with van der Waals surface area (Å²) in [5, 5.41) is 9.03. The van der Waals surface area contributed by atoms with Gasteiger partial charge in [0.1, 0.15) is 0 Å². The molecule has 1 rings (SSSR count). The molecule has 1 aromatic heterocycles. The van der Waals surface area contributed by atoms with Gasteiger partial charge in [-0.05, 0) is 6.07 Å². The molecule has 0 aliphatic rings. The van der Waals surface area contributed by atoms with Crippen LogP contribution in [0, 0.1) is 0 Å². The number of hydrogen-bond acceptors (Lipinski definition) is 2. The fraction of sp³-hybridized carbons (Fsp3) is 0.250. The average Bonchev–Trinajstić information content (AvgIpc) is 2.15. The van der Waals surface area contributed by atoms with Gasteiger partial charge >= 0.3 is 5.97 Å². The first-order valence-electron chi connectivity index (χ1n) is 3.74.